The molecule has 0 unspecified atom stereocenters. The normalized spacial score (nSPS) is 17.0. The Morgan fingerprint density at radius 2 is 1.72 bits per heavy atom. The number of carbonyl (C=O) groups is 2. The van der Waals surface area contributed by atoms with Crippen LogP contribution in [0.25, 0.3) is 5.69 Å². The molecule has 0 radical (unpaired) electrons. The lowest BCUT2D eigenvalue weighted by Crippen LogP contribution is -2.50. The van der Waals surface area contributed by atoms with Gasteiger partial charge in [-0.3, -0.25) is 4.79 Å². The summed E-state index contributed by atoms with van der Waals surface area (Å²) in [7, 11) is 0. The number of benzene rings is 1. The maximum absolute atomic E-state index is 13.3. The molecule has 1 aromatic heterocycles. The molecule has 0 atom stereocenters. The first-order chi connectivity index (χ1) is 15.2. The van der Waals surface area contributed by atoms with E-state index in [0.29, 0.717) is 31.5 Å². The first kappa shape index (κ1) is 21.8. The van der Waals surface area contributed by atoms with Crippen LogP contribution in [0.1, 0.15) is 62.6 Å². The third kappa shape index (κ3) is 4.90. The van der Waals surface area contributed by atoms with E-state index < -0.39 is 5.60 Å². The van der Waals surface area contributed by atoms with E-state index in [2.05, 4.69) is 16.2 Å². The summed E-state index contributed by atoms with van der Waals surface area (Å²) in [5.74, 6) is -0.00792. The molecule has 1 saturated carbocycles. The van der Waals surface area contributed by atoms with E-state index in [1.165, 1.54) is 6.33 Å². The molecule has 168 valence electrons. The van der Waals surface area contributed by atoms with Crippen LogP contribution in [0.2, 0.25) is 0 Å². The number of likely N-dealkylation sites (tertiary alicyclic amines) is 1. The van der Waals surface area contributed by atoms with Crippen molar-refractivity contribution in [1.82, 2.24) is 24.6 Å². The highest BCUT2D eigenvalue weighted by Crippen LogP contribution is 2.33. The molecule has 2 aromatic rings. The topological polar surface area (TPSA) is 104 Å². The molecule has 0 bridgehead atoms. The van der Waals surface area contributed by atoms with E-state index in [9.17, 15) is 9.59 Å². The SMILES string of the molecule is CC(C)(C)OC(=O)N1CCC(N(C(=O)c2ncn(-c3ccc(C#N)cc3)n2)C2CC2)CC1. The van der Waals surface area contributed by atoms with Crippen molar-refractivity contribution in [1.29, 1.82) is 5.26 Å². The lowest BCUT2D eigenvalue weighted by molar-refractivity contribution is 0.0141. The van der Waals surface area contributed by atoms with E-state index in [-0.39, 0.29) is 29.9 Å². The van der Waals surface area contributed by atoms with E-state index in [1.807, 2.05) is 25.7 Å². The molecule has 9 heteroatoms. The minimum absolute atomic E-state index is 0.0514. The van der Waals surface area contributed by atoms with Gasteiger partial charge in [0, 0.05) is 25.2 Å². The second-order valence-electron chi connectivity index (χ2n) is 9.31. The van der Waals surface area contributed by atoms with Gasteiger partial charge in [-0.25, -0.2) is 14.5 Å². The van der Waals surface area contributed by atoms with Crippen molar-refractivity contribution in [3.63, 3.8) is 0 Å². The maximum Gasteiger partial charge on any atom is 0.410 e. The minimum atomic E-state index is -0.524. The van der Waals surface area contributed by atoms with Crippen molar-refractivity contribution in [2.45, 2.75) is 64.1 Å². The zero-order chi connectivity index (χ0) is 22.9. The van der Waals surface area contributed by atoms with Crippen LogP contribution in [0.15, 0.2) is 30.6 Å². The summed E-state index contributed by atoms with van der Waals surface area (Å²) >= 11 is 0. The monoisotopic (exact) mass is 436 g/mol. The molecule has 2 heterocycles. The Kier molecular flexibility index (Phi) is 5.87. The van der Waals surface area contributed by atoms with E-state index >= 15 is 0 Å². The third-order valence-corrected chi connectivity index (χ3v) is 5.63. The van der Waals surface area contributed by atoms with Gasteiger partial charge in [0.25, 0.3) is 5.91 Å². The Morgan fingerprint density at radius 1 is 1.09 bits per heavy atom. The Balaban J connectivity index is 1.43. The summed E-state index contributed by atoms with van der Waals surface area (Å²) in [6.07, 6.45) is 4.59. The van der Waals surface area contributed by atoms with E-state index in [4.69, 9.17) is 10.00 Å². The van der Waals surface area contributed by atoms with Gasteiger partial charge in [-0.15, -0.1) is 5.10 Å². The number of nitriles is 1. The lowest BCUT2D eigenvalue weighted by Gasteiger charge is -2.38. The Hall–Kier alpha value is -3.41. The zero-order valence-electron chi connectivity index (χ0n) is 18.7. The summed E-state index contributed by atoms with van der Waals surface area (Å²) in [5.41, 5.74) is 0.769. The molecule has 1 saturated heterocycles. The summed E-state index contributed by atoms with van der Waals surface area (Å²) in [6.45, 7) is 6.69. The van der Waals surface area contributed by atoms with Crippen LogP contribution >= 0.6 is 0 Å². The van der Waals surface area contributed by atoms with Crippen molar-refractivity contribution in [2.75, 3.05) is 13.1 Å². The highest BCUT2D eigenvalue weighted by atomic mass is 16.6. The Morgan fingerprint density at radius 3 is 2.28 bits per heavy atom. The quantitative estimate of drug-likeness (QED) is 0.729. The molecule has 2 amide bonds. The minimum Gasteiger partial charge on any atom is -0.444 e. The zero-order valence-corrected chi connectivity index (χ0v) is 18.7. The maximum atomic E-state index is 13.3. The largest absolute Gasteiger partial charge is 0.444 e. The second-order valence-corrected chi connectivity index (χ2v) is 9.31. The number of amides is 2. The fourth-order valence-corrected chi connectivity index (χ4v) is 3.93. The molecule has 32 heavy (non-hydrogen) atoms. The number of aromatic nitrogens is 3. The van der Waals surface area contributed by atoms with Crippen molar-refractivity contribution in [3.05, 3.63) is 42.0 Å². The average molecular weight is 437 g/mol. The van der Waals surface area contributed by atoms with Crippen LogP contribution in [0.3, 0.4) is 0 Å². The smallest absolute Gasteiger partial charge is 0.410 e. The van der Waals surface area contributed by atoms with Gasteiger partial charge in [0.05, 0.1) is 17.3 Å². The van der Waals surface area contributed by atoms with Crippen molar-refractivity contribution in [2.24, 2.45) is 0 Å². The molecular weight excluding hydrogens is 408 g/mol. The van der Waals surface area contributed by atoms with Gasteiger partial charge in [0.15, 0.2) is 0 Å². The van der Waals surface area contributed by atoms with Crippen molar-refractivity contribution >= 4 is 12.0 Å². The van der Waals surface area contributed by atoms with Crippen LogP contribution in [0.4, 0.5) is 4.79 Å². The molecular formula is C23H28N6O3. The van der Waals surface area contributed by atoms with Gasteiger partial charge in [-0.2, -0.15) is 5.26 Å². The predicted octanol–water partition coefficient (Wildman–Crippen LogP) is 3.14. The highest BCUT2D eigenvalue weighted by molar-refractivity contribution is 5.91. The third-order valence-electron chi connectivity index (χ3n) is 5.63. The predicted molar refractivity (Wildman–Crippen MR) is 116 cm³/mol. The van der Waals surface area contributed by atoms with Crippen LogP contribution < -0.4 is 0 Å². The first-order valence-electron chi connectivity index (χ1n) is 11.0. The Labute approximate surface area is 187 Å². The number of hydrogen-bond acceptors (Lipinski definition) is 6. The number of ether oxygens (including phenoxy) is 1. The fraction of sp³-hybridized carbons (Fsp3) is 0.522. The average Bonchev–Trinajstić information content (AvgIpc) is 3.47. The Bertz CT molecular complexity index is 1020. The molecule has 0 spiro atoms. The summed E-state index contributed by atoms with van der Waals surface area (Å²) in [4.78, 5) is 33.6. The standard InChI is InChI=1S/C23H28N6O3/c1-23(2,3)32-22(31)27-12-10-19(11-13-27)29(18-8-9-18)21(30)20-25-15-28(26-20)17-6-4-16(14-24)5-7-17/h4-7,15,18-19H,8-13H2,1-3H3. The van der Waals surface area contributed by atoms with Gasteiger partial charge >= 0.3 is 6.09 Å². The number of carbonyl (C=O) groups excluding carboxylic acids is 2. The van der Waals surface area contributed by atoms with E-state index in [0.717, 1.165) is 18.5 Å². The molecule has 1 aliphatic heterocycles. The fourth-order valence-electron chi connectivity index (χ4n) is 3.93. The molecule has 1 aromatic carbocycles. The molecule has 2 aliphatic rings. The second kappa shape index (κ2) is 8.61. The van der Waals surface area contributed by atoms with Crippen molar-refractivity contribution < 1.29 is 14.3 Å². The van der Waals surface area contributed by atoms with Crippen LogP contribution in [-0.4, -0.2) is 67.3 Å². The molecule has 2 fully saturated rings. The van der Waals surface area contributed by atoms with Gasteiger partial charge in [-0.1, -0.05) is 0 Å². The van der Waals surface area contributed by atoms with Gasteiger partial charge in [-0.05, 0) is 70.7 Å². The molecule has 4 rings (SSSR count). The first-order valence-corrected chi connectivity index (χ1v) is 11.0. The van der Waals surface area contributed by atoms with Crippen LogP contribution in [0.5, 0.6) is 0 Å². The summed E-state index contributed by atoms with van der Waals surface area (Å²) < 4.78 is 7.02. The van der Waals surface area contributed by atoms with Gasteiger partial charge in [0.1, 0.15) is 11.9 Å². The summed E-state index contributed by atoms with van der Waals surface area (Å²) in [5, 5.41) is 13.3. The molecule has 0 N–H and O–H groups in total. The highest BCUT2D eigenvalue weighted by Gasteiger charge is 2.41. The van der Waals surface area contributed by atoms with E-state index in [1.54, 1.807) is 33.8 Å². The lowest BCUT2D eigenvalue weighted by atomic mass is 10.0. The number of nitrogens with zero attached hydrogens (tertiary/aromatic N) is 6. The van der Waals surface area contributed by atoms with Crippen LogP contribution in [0, 0.1) is 11.3 Å². The van der Waals surface area contributed by atoms with Crippen LogP contribution in [-0.2, 0) is 4.74 Å². The van der Waals surface area contributed by atoms with Gasteiger partial charge in [0.2, 0.25) is 5.82 Å². The summed E-state index contributed by atoms with van der Waals surface area (Å²) in [6, 6.07) is 9.29. The number of rotatable bonds is 4. The number of hydrogen-bond donors (Lipinski definition) is 0. The van der Waals surface area contributed by atoms with Gasteiger partial charge < -0.3 is 14.5 Å². The van der Waals surface area contributed by atoms with Crippen molar-refractivity contribution in [3.8, 4) is 11.8 Å². The molecule has 1 aliphatic carbocycles. The molecule has 9 nitrogen and oxygen atoms in total. The number of piperidine rings is 1.